The Balaban J connectivity index is 2.46. The summed E-state index contributed by atoms with van der Waals surface area (Å²) < 4.78 is 5.45. The Hall–Kier alpha value is -2.82. The Morgan fingerprint density at radius 3 is 2.38 bits per heavy atom. The van der Waals surface area contributed by atoms with Crippen LogP contribution in [0.15, 0.2) is 30.3 Å². The second kappa shape index (κ2) is 10.6. The maximum Gasteiger partial charge on any atom is 0.338 e. The van der Waals surface area contributed by atoms with E-state index in [9.17, 15) is 14.7 Å². The number of para-hydroxylation sites is 1. The fraction of sp³-hybridized carbons (Fsp3) is 0.417. The van der Waals surface area contributed by atoms with Crippen LogP contribution in [0.1, 0.15) is 83.9 Å². The van der Waals surface area contributed by atoms with Gasteiger partial charge in [-0.25, -0.2) is 4.79 Å². The number of carbonyl (C=O) groups excluding carboxylic acids is 2. The second-order valence-electron chi connectivity index (χ2n) is 7.10. The van der Waals surface area contributed by atoms with E-state index in [0.717, 1.165) is 43.2 Å². The summed E-state index contributed by atoms with van der Waals surface area (Å²) in [6, 6.07) is 8.20. The lowest BCUT2D eigenvalue weighted by molar-refractivity contribution is 0.0495. The Bertz CT molecular complexity index is 873. The summed E-state index contributed by atoms with van der Waals surface area (Å²) in [6.07, 6.45) is 5.33. The molecular weight excluding hydrogens is 366 g/mol. The normalized spacial score (nSPS) is 10.7. The topological polar surface area (TPSA) is 89.6 Å². The molecule has 0 aliphatic carbocycles. The Labute approximate surface area is 172 Å². The van der Waals surface area contributed by atoms with Crippen LogP contribution in [-0.4, -0.2) is 23.5 Å². The van der Waals surface area contributed by atoms with E-state index in [1.807, 2.05) is 19.9 Å². The van der Waals surface area contributed by atoms with E-state index >= 15 is 0 Å². The first-order valence-corrected chi connectivity index (χ1v) is 10.4. The summed E-state index contributed by atoms with van der Waals surface area (Å²) >= 11 is 0. The number of ketones is 1. The number of rotatable bonds is 10. The number of aryl methyl sites for hydroxylation is 1. The number of phenols is 1. The van der Waals surface area contributed by atoms with Gasteiger partial charge in [-0.3, -0.25) is 4.79 Å². The van der Waals surface area contributed by atoms with E-state index < -0.39 is 11.8 Å². The van der Waals surface area contributed by atoms with Gasteiger partial charge < -0.3 is 15.6 Å². The van der Waals surface area contributed by atoms with Crippen LogP contribution in [0.4, 0.5) is 5.69 Å². The molecule has 0 saturated heterocycles. The molecule has 5 nitrogen and oxygen atoms in total. The average molecular weight is 398 g/mol. The third-order valence-electron chi connectivity index (χ3n) is 5.13. The molecule has 0 aliphatic heterocycles. The van der Waals surface area contributed by atoms with Crippen LogP contribution < -0.4 is 5.73 Å². The van der Waals surface area contributed by atoms with Crippen molar-refractivity contribution in [3.05, 3.63) is 58.1 Å². The third-order valence-corrected chi connectivity index (χ3v) is 5.13. The predicted molar refractivity (Wildman–Crippen MR) is 116 cm³/mol. The molecule has 0 amide bonds. The van der Waals surface area contributed by atoms with Crippen LogP contribution in [0, 0.1) is 0 Å². The zero-order chi connectivity index (χ0) is 21.4. The highest BCUT2D eigenvalue weighted by Gasteiger charge is 2.26. The first-order valence-electron chi connectivity index (χ1n) is 10.4. The zero-order valence-corrected chi connectivity index (χ0v) is 17.6. The highest BCUT2D eigenvalue weighted by Crippen LogP contribution is 2.31. The van der Waals surface area contributed by atoms with Gasteiger partial charge in [0.1, 0.15) is 5.75 Å². The van der Waals surface area contributed by atoms with Gasteiger partial charge in [-0.05, 0) is 48.6 Å². The van der Waals surface area contributed by atoms with E-state index in [1.165, 1.54) is 12.1 Å². The molecule has 156 valence electrons. The van der Waals surface area contributed by atoms with Gasteiger partial charge in [-0.15, -0.1) is 0 Å². The molecule has 5 heteroatoms. The third kappa shape index (κ3) is 5.17. The van der Waals surface area contributed by atoms with Gasteiger partial charge in [-0.2, -0.15) is 0 Å². The molecule has 0 fully saturated rings. The number of aromatic hydroxyl groups is 1. The molecule has 0 aliphatic rings. The lowest BCUT2D eigenvalue weighted by atomic mass is 9.88. The van der Waals surface area contributed by atoms with Crippen molar-refractivity contribution in [2.24, 2.45) is 0 Å². The monoisotopic (exact) mass is 397 g/mol. The Kier molecular flexibility index (Phi) is 8.25. The number of nitrogens with two attached hydrogens (primary N) is 1. The number of hydrogen-bond donors (Lipinski definition) is 2. The number of unbranched alkanes of at least 4 members (excludes halogenated alkanes) is 3. The maximum absolute atomic E-state index is 13.4. The predicted octanol–water partition coefficient (Wildman–Crippen LogP) is 5.07. The molecule has 0 aromatic heterocycles. The van der Waals surface area contributed by atoms with Crippen LogP contribution in [-0.2, 0) is 17.6 Å². The Morgan fingerprint density at radius 2 is 1.72 bits per heavy atom. The number of carbonyl (C=O) groups is 2. The van der Waals surface area contributed by atoms with Gasteiger partial charge in [0.2, 0.25) is 0 Å². The van der Waals surface area contributed by atoms with Crippen LogP contribution in [0.2, 0.25) is 0 Å². The van der Waals surface area contributed by atoms with Gasteiger partial charge in [0.05, 0.1) is 23.4 Å². The number of ether oxygens (including phenoxy) is 1. The van der Waals surface area contributed by atoms with Crippen molar-refractivity contribution in [2.75, 3.05) is 12.3 Å². The van der Waals surface area contributed by atoms with Crippen LogP contribution in [0.5, 0.6) is 5.75 Å². The van der Waals surface area contributed by atoms with E-state index in [-0.39, 0.29) is 22.6 Å². The molecule has 0 bridgehead atoms. The largest absolute Gasteiger partial charge is 0.505 e. The van der Waals surface area contributed by atoms with E-state index in [2.05, 4.69) is 6.92 Å². The van der Waals surface area contributed by atoms with Crippen molar-refractivity contribution in [1.29, 1.82) is 0 Å². The van der Waals surface area contributed by atoms with E-state index in [0.29, 0.717) is 18.6 Å². The summed E-state index contributed by atoms with van der Waals surface area (Å²) in [7, 11) is 0. The molecular formula is C24H31NO4. The van der Waals surface area contributed by atoms with Crippen molar-refractivity contribution in [1.82, 2.24) is 0 Å². The van der Waals surface area contributed by atoms with Gasteiger partial charge in [0, 0.05) is 5.56 Å². The first-order chi connectivity index (χ1) is 14.0. The molecule has 2 aromatic carbocycles. The molecule has 0 heterocycles. The average Bonchev–Trinajstić information content (AvgIpc) is 2.73. The van der Waals surface area contributed by atoms with Crippen LogP contribution >= 0.6 is 0 Å². The SMILES string of the molecule is CCCCCCOC(=O)c1ccc(CC)c(CC)c1C(=O)c1cccc(N)c1O. The molecule has 3 N–H and O–H groups in total. The number of hydrogen-bond acceptors (Lipinski definition) is 5. The molecule has 0 spiro atoms. The van der Waals surface area contributed by atoms with Crippen LogP contribution in [0.25, 0.3) is 0 Å². The summed E-state index contributed by atoms with van der Waals surface area (Å²) in [6.45, 7) is 6.40. The van der Waals surface area contributed by atoms with Gasteiger partial charge in [0.25, 0.3) is 0 Å². The molecule has 2 aromatic rings. The Morgan fingerprint density at radius 1 is 0.966 bits per heavy atom. The lowest BCUT2D eigenvalue weighted by Crippen LogP contribution is -2.17. The summed E-state index contributed by atoms with van der Waals surface area (Å²) in [5, 5.41) is 10.3. The summed E-state index contributed by atoms with van der Waals surface area (Å²) in [5.74, 6) is -1.19. The standard InChI is InChI=1S/C24H31NO4/c1-4-7-8-9-15-29-24(28)18-14-13-16(5-2)17(6-3)21(18)23(27)19-11-10-12-20(25)22(19)26/h10-14,26H,4-9,15,25H2,1-3H3. The highest BCUT2D eigenvalue weighted by molar-refractivity contribution is 6.17. The lowest BCUT2D eigenvalue weighted by Gasteiger charge is -2.17. The van der Waals surface area contributed by atoms with Crippen molar-refractivity contribution >= 4 is 17.4 Å². The van der Waals surface area contributed by atoms with Crippen molar-refractivity contribution in [3.63, 3.8) is 0 Å². The second-order valence-corrected chi connectivity index (χ2v) is 7.10. The van der Waals surface area contributed by atoms with Gasteiger partial charge in [-0.1, -0.05) is 52.2 Å². The molecule has 29 heavy (non-hydrogen) atoms. The van der Waals surface area contributed by atoms with E-state index in [4.69, 9.17) is 10.5 Å². The minimum Gasteiger partial charge on any atom is -0.505 e. The minimum absolute atomic E-state index is 0.0879. The fourth-order valence-electron chi connectivity index (χ4n) is 3.51. The van der Waals surface area contributed by atoms with E-state index in [1.54, 1.807) is 12.1 Å². The quantitative estimate of drug-likeness (QED) is 0.192. The minimum atomic E-state index is -0.509. The van der Waals surface area contributed by atoms with Gasteiger partial charge >= 0.3 is 5.97 Å². The number of nitrogen functional groups attached to an aromatic ring is 1. The number of esters is 1. The summed E-state index contributed by atoms with van der Waals surface area (Å²) in [5.41, 5.74) is 8.33. The summed E-state index contributed by atoms with van der Waals surface area (Å²) in [4.78, 5) is 26.2. The number of anilines is 1. The van der Waals surface area contributed by atoms with Gasteiger partial charge in [0.15, 0.2) is 5.78 Å². The number of phenolic OH excluding ortho intramolecular Hbond substituents is 1. The number of benzene rings is 2. The molecule has 2 rings (SSSR count). The van der Waals surface area contributed by atoms with Crippen molar-refractivity contribution in [3.8, 4) is 5.75 Å². The first kappa shape index (κ1) is 22.5. The molecule has 0 radical (unpaired) electrons. The fourth-order valence-corrected chi connectivity index (χ4v) is 3.51. The molecule has 0 saturated carbocycles. The van der Waals surface area contributed by atoms with Crippen molar-refractivity contribution < 1.29 is 19.4 Å². The molecule has 0 unspecified atom stereocenters. The smallest absolute Gasteiger partial charge is 0.338 e. The highest BCUT2D eigenvalue weighted by atomic mass is 16.5. The van der Waals surface area contributed by atoms with Crippen LogP contribution in [0.3, 0.4) is 0 Å². The van der Waals surface area contributed by atoms with Crippen molar-refractivity contribution in [2.45, 2.75) is 59.3 Å². The molecule has 0 atom stereocenters. The zero-order valence-electron chi connectivity index (χ0n) is 17.6. The maximum atomic E-state index is 13.4.